The highest BCUT2D eigenvalue weighted by Gasteiger charge is 2.52. The van der Waals surface area contributed by atoms with Gasteiger partial charge < -0.3 is 24.8 Å². The molecule has 3 unspecified atom stereocenters. The molecule has 0 bridgehead atoms. The number of aliphatic hydroxyl groups is 3. The molecular formula is C19H26N2O9. The molecule has 0 aliphatic heterocycles. The maximum atomic E-state index is 12.2. The molecule has 0 aromatic heterocycles. The van der Waals surface area contributed by atoms with E-state index in [1.165, 1.54) is 19.9 Å². The van der Waals surface area contributed by atoms with Crippen LogP contribution in [0.4, 0.5) is 0 Å². The summed E-state index contributed by atoms with van der Waals surface area (Å²) in [6.07, 6.45) is -0.735. The fourth-order valence-electron chi connectivity index (χ4n) is 2.35. The Balaban J connectivity index is 6.32. The minimum Gasteiger partial charge on any atom is -0.398 e. The number of esters is 2. The van der Waals surface area contributed by atoms with Crippen LogP contribution in [0.25, 0.3) is 0 Å². The summed E-state index contributed by atoms with van der Waals surface area (Å²) in [7, 11) is 0. The number of carbonyl (C=O) groups is 2. The third kappa shape index (κ3) is 8.20. The number of aliphatic hydroxyl groups excluding tert-OH is 3. The van der Waals surface area contributed by atoms with Crippen molar-refractivity contribution in [1.29, 1.82) is 0 Å². The number of hydrogen-bond acceptors (Lipinski definition) is 11. The molecule has 0 amide bonds. The van der Waals surface area contributed by atoms with E-state index in [1.807, 2.05) is 0 Å². The third-order valence-corrected chi connectivity index (χ3v) is 3.94. The molecule has 30 heavy (non-hydrogen) atoms. The molecule has 3 atom stereocenters. The van der Waals surface area contributed by atoms with Crippen molar-refractivity contribution in [2.24, 2.45) is 15.9 Å². The van der Waals surface area contributed by atoms with E-state index in [4.69, 9.17) is 9.47 Å². The molecule has 0 heterocycles. The van der Waals surface area contributed by atoms with E-state index in [1.54, 1.807) is 0 Å². The second-order valence-electron chi connectivity index (χ2n) is 6.49. The average molecular weight is 426 g/mol. The zero-order chi connectivity index (χ0) is 23.3. The number of rotatable bonds is 14. The normalized spacial score (nSPS) is 13.6. The molecule has 0 spiro atoms. The van der Waals surface area contributed by atoms with Crippen molar-refractivity contribution in [3.63, 3.8) is 0 Å². The second-order valence-corrected chi connectivity index (χ2v) is 6.49. The summed E-state index contributed by atoms with van der Waals surface area (Å²) in [4.78, 5) is 52.4. The Labute approximate surface area is 173 Å². The monoisotopic (exact) mass is 426 g/mol. The Kier molecular flexibility index (Phi) is 12.0. The summed E-state index contributed by atoms with van der Waals surface area (Å²) in [5.41, 5.74) is -0.272. The van der Waals surface area contributed by atoms with Gasteiger partial charge in [-0.2, -0.15) is 0 Å². The Morgan fingerprint density at radius 3 is 1.97 bits per heavy atom. The maximum absolute atomic E-state index is 12.2. The zero-order valence-corrected chi connectivity index (χ0v) is 16.9. The van der Waals surface area contributed by atoms with Crippen LogP contribution in [-0.2, 0) is 28.7 Å². The van der Waals surface area contributed by atoms with Gasteiger partial charge >= 0.3 is 17.8 Å². The van der Waals surface area contributed by atoms with Crippen LogP contribution in [0.2, 0.25) is 0 Å². The predicted octanol–water partition coefficient (Wildman–Crippen LogP) is 0.0510. The van der Waals surface area contributed by atoms with Gasteiger partial charge in [0.25, 0.3) is 0 Å². The van der Waals surface area contributed by atoms with Crippen molar-refractivity contribution >= 4 is 24.1 Å². The van der Waals surface area contributed by atoms with Crippen LogP contribution >= 0.6 is 0 Å². The largest absolute Gasteiger partial charge is 0.398 e. The Morgan fingerprint density at radius 1 is 1.03 bits per heavy atom. The molecule has 0 fully saturated rings. The maximum Gasteiger partial charge on any atom is 0.376 e. The molecule has 11 heteroatoms. The van der Waals surface area contributed by atoms with E-state index in [0.717, 1.165) is 6.08 Å². The minimum absolute atomic E-state index is 0.0932. The van der Waals surface area contributed by atoms with Crippen molar-refractivity contribution in [3.8, 4) is 0 Å². The fraction of sp³-hybridized carbons (Fsp3) is 0.579. The first-order chi connectivity index (χ1) is 14.1. The topological polar surface area (TPSA) is 172 Å². The lowest BCUT2D eigenvalue weighted by Crippen LogP contribution is -2.53. The zero-order valence-electron chi connectivity index (χ0n) is 16.9. The lowest BCUT2D eigenvalue weighted by atomic mass is 9.88. The number of isocyanates is 2. The van der Waals surface area contributed by atoms with Gasteiger partial charge in [-0.3, -0.25) is 0 Å². The molecule has 0 aliphatic carbocycles. The van der Waals surface area contributed by atoms with Crippen LogP contribution in [0.1, 0.15) is 33.1 Å². The summed E-state index contributed by atoms with van der Waals surface area (Å²) in [5, 5.41) is 29.7. The van der Waals surface area contributed by atoms with Crippen LogP contribution in [0.15, 0.2) is 34.3 Å². The lowest BCUT2D eigenvalue weighted by molar-refractivity contribution is -0.258. The minimum atomic E-state index is -2.72. The Hall–Kier alpha value is -2.94. The van der Waals surface area contributed by atoms with Gasteiger partial charge in [0, 0.05) is 11.1 Å². The highest BCUT2D eigenvalue weighted by molar-refractivity contribution is 5.89. The SMILES string of the molecule is C=C(C)C(=O)OC(N=C=O)(OC(=O)C(=C)C)C(CCCCN=C=O)C(O)C(O)CO. The Bertz CT molecular complexity index is 708. The van der Waals surface area contributed by atoms with E-state index in [2.05, 4.69) is 23.1 Å². The van der Waals surface area contributed by atoms with Crippen molar-refractivity contribution in [2.75, 3.05) is 13.2 Å². The molecule has 11 nitrogen and oxygen atoms in total. The van der Waals surface area contributed by atoms with E-state index >= 15 is 0 Å². The molecule has 0 rings (SSSR count). The lowest BCUT2D eigenvalue weighted by Gasteiger charge is -2.37. The molecule has 166 valence electrons. The van der Waals surface area contributed by atoms with Gasteiger partial charge in [0.15, 0.2) is 0 Å². The molecule has 0 radical (unpaired) electrons. The van der Waals surface area contributed by atoms with Crippen molar-refractivity contribution in [1.82, 2.24) is 0 Å². The van der Waals surface area contributed by atoms with Gasteiger partial charge in [-0.25, -0.2) is 24.2 Å². The first-order valence-electron chi connectivity index (χ1n) is 8.93. The van der Waals surface area contributed by atoms with Gasteiger partial charge in [-0.15, -0.1) is 4.99 Å². The summed E-state index contributed by atoms with van der Waals surface area (Å²) >= 11 is 0. The molecular weight excluding hydrogens is 400 g/mol. The molecule has 0 saturated carbocycles. The molecule has 0 saturated heterocycles. The van der Waals surface area contributed by atoms with Crippen LogP contribution in [0, 0.1) is 5.92 Å². The van der Waals surface area contributed by atoms with E-state index in [-0.39, 0.29) is 30.5 Å². The number of ether oxygens (including phenoxy) is 2. The second kappa shape index (κ2) is 13.3. The van der Waals surface area contributed by atoms with Crippen LogP contribution in [0.3, 0.4) is 0 Å². The third-order valence-electron chi connectivity index (χ3n) is 3.94. The van der Waals surface area contributed by atoms with Crippen LogP contribution in [0.5, 0.6) is 0 Å². The average Bonchev–Trinajstić information content (AvgIpc) is 2.69. The fourth-order valence-corrected chi connectivity index (χ4v) is 2.35. The van der Waals surface area contributed by atoms with Crippen molar-refractivity contribution in [3.05, 3.63) is 24.3 Å². The summed E-state index contributed by atoms with van der Waals surface area (Å²) in [5.74, 6) is -6.44. The summed E-state index contributed by atoms with van der Waals surface area (Å²) < 4.78 is 10.3. The number of carbonyl (C=O) groups excluding carboxylic acids is 4. The summed E-state index contributed by atoms with van der Waals surface area (Å²) in [6, 6.07) is 0. The van der Waals surface area contributed by atoms with Gasteiger partial charge in [0.1, 0.15) is 6.10 Å². The first kappa shape index (κ1) is 27.1. The Morgan fingerprint density at radius 2 is 1.57 bits per heavy atom. The van der Waals surface area contributed by atoms with Gasteiger partial charge in [0.05, 0.1) is 25.2 Å². The number of aliphatic imine (C=N–C) groups is 2. The highest BCUT2D eigenvalue weighted by atomic mass is 16.8. The molecule has 0 aliphatic rings. The first-order valence-corrected chi connectivity index (χ1v) is 8.93. The van der Waals surface area contributed by atoms with Gasteiger partial charge in [-0.1, -0.05) is 19.6 Å². The van der Waals surface area contributed by atoms with E-state index < -0.39 is 42.6 Å². The van der Waals surface area contributed by atoms with Crippen molar-refractivity contribution in [2.45, 2.75) is 51.2 Å². The number of hydrogen-bond donors (Lipinski definition) is 3. The predicted molar refractivity (Wildman–Crippen MR) is 102 cm³/mol. The standard InChI is InChI=1S/C19H26N2O9/c1-12(2)17(27)29-19(21-11-24,30-18(28)13(3)4)14(16(26)15(25)9-22)7-5-6-8-20-10-23/h14-16,22,25-26H,1,3,5-9H2,2,4H3. The molecule has 0 aromatic rings. The number of nitrogens with zero attached hydrogens (tertiary/aromatic N) is 2. The van der Waals surface area contributed by atoms with Gasteiger partial charge in [0.2, 0.25) is 12.2 Å². The van der Waals surface area contributed by atoms with Gasteiger partial charge in [-0.05, 0) is 26.7 Å². The van der Waals surface area contributed by atoms with Crippen LogP contribution < -0.4 is 0 Å². The van der Waals surface area contributed by atoms with E-state index in [0.29, 0.717) is 6.42 Å². The molecule has 0 aromatic carbocycles. The van der Waals surface area contributed by atoms with Crippen molar-refractivity contribution < 1.29 is 44.0 Å². The number of unbranched alkanes of at least 4 members (excludes halogenated alkanes) is 1. The molecule has 3 N–H and O–H groups in total. The quantitative estimate of drug-likeness (QED) is 0.0866. The summed E-state index contributed by atoms with van der Waals surface area (Å²) in [6.45, 7) is 8.55. The van der Waals surface area contributed by atoms with Crippen LogP contribution in [-0.4, -0.2) is 70.7 Å². The highest BCUT2D eigenvalue weighted by Crippen LogP contribution is 2.35. The van der Waals surface area contributed by atoms with E-state index in [9.17, 15) is 34.5 Å². The smallest absolute Gasteiger partial charge is 0.376 e.